The van der Waals surface area contributed by atoms with Crippen LogP contribution < -0.4 is 10.6 Å². The van der Waals surface area contributed by atoms with E-state index in [-0.39, 0.29) is 11.8 Å². The fraction of sp³-hybridized carbons (Fsp3) is 0.429. The maximum Gasteiger partial charge on any atom is 0.243 e. The highest BCUT2D eigenvalue weighted by molar-refractivity contribution is 7.80. The molecule has 1 rings (SSSR count). The monoisotopic (exact) mass is 282 g/mol. The van der Waals surface area contributed by atoms with E-state index < -0.39 is 6.04 Å². The van der Waals surface area contributed by atoms with Crippen LogP contribution in [0, 0.1) is 13.8 Å². The molecule has 0 saturated carbocycles. The number of aryl methyl sites for hydroxylation is 2. The molecule has 0 saturated heterocycles. The largest absolute Gasteiger partial charge is 0.357 e. The smallest absolute Gasteiger partial charge is 0.243 e. The van der Waals surface area contributed by atoms with Crippen molar-refractivity contribution >= 4 is 24.4 Å². The number of carbonyl (C=O) groups excluding carboxylic acids is 2. The van der Waals surface area contributed by atoms with Gasteiger partial charge in [0.25, 0.3) is 0 Å². The van der Waals surface area contributed by atoms with Crippen molar-refractivity contribution in [2.45, 2.75) is 26.8 Å². The molecule has 0 aliphatic rings. The predicted octanol–water partition coefficient (Wildman–Crippen LogP) is 1.47. The van der Waals surface area contributed by atoms with Gasteiger partial charge in [-0.25, -0.2) is 0 Å². The van der Waals surface area contributed by atoms with Gasteiger partial charge in [-0.3, -0.25) is 9.59 Å². The molecule has 0 aliphatic heterocycles. The van der Waals surface area contributed by atoms with Crippen LogP contribution in [-0.2, 0) is 9.59 Å². The second kappa shape index (κ2) is 9.44. The molecular weight excluding hydrogens is 260 g/mol. The minimum absolute atomic E-state index is 0.227. The van der Waals surface area contributed by atoms with Gasteiger partial charge in [0.05, 0.1) is 0 Å². The van der Waals surface area contributed by atoms with Crippen LogP contribution in [0.3, 0.4) is 0 Å². The van der Waals surface area contributed by atoms with Crippen molar-refractivity contribution in [1.82, 2.24) is 10.6 Å². The Hall–Kier alpha value is -1.49. The van der Waals surface area contributed by atoms with Gasteiger partial charge in [0.2, 0.25) is 11.8 Å². The molecule has 0 fully saturated rings. The zero-order valence-corrected chi connectivity index (χ0v) is 12.8. The number of carbonyl (C=O) groups is 2. The van der Waals surface area contributed by atoms with E-state index in [0.717, 1.165) is 0 Å². The Morgan fingerprint density at radius 1 is 1.21 bits per heavy atom. The molecule has 1 aromatic carbocycles. The van der Waals surface area contributed by atoms with Crippen molar-refractivity contribution in [2.24, 2.45) is 0 Å². The first-order chi connectivity index (χ1) is 8.92. The Morgan fingerprint density at radius 2 is 1.68 bits per heavy atom. The maximum atomic E-state index is 10.9. The standard InChI is InChI=1S/C8H10.C6H12N2O2S/c1-7-5-3-4-6-8(7)2;1-4(9)8-5(3-11)6(10)7-2/h3-6H,1-2H3;5,11H,3H2,1-2H3,(H,7,10)(H,8,9). The Bertz CT molecular complexity index is 401. The van der Waals surface area contributed by atoms with Gasteiger partial charge in [0.1, 0.15) is 6.04 Å². The first-order valence-corrected chi connectivity index (χ1v) is 6.67. The molecule has 0 spiro atoms. The van der Waals surface area contributed by atoms with E-state index in [1.807, 2.05) is 0 Å². The summed E-state index contributed by atoms with van der Waals surface area (Å²) in [6, 6.07) is 7.83. The Kier molecular flexibility index (Phi) is 8.70. The SMILES string of the molecule is CNC(=O)C(CS)NC(C)=O.Cc1ccccc1C. The summed E-state index contributed by atoms with van der Waals surface area (Å²) in [5.41, 5.74) is 2.74. The first-order valence-electron chi connectivity index (χ1n) is 6.04. The van der Waals surface area contributed by atoms with Gasteiger partial charge in [-0.2, -0.15) is 12.6 Å². The highest BCUT2D eigenvalue weighted by Gasteiger charge is 2.14. The second-order valence-electron chi connectivity index (χ2n) is 4.13. The molecule has 0 aliphatic carbocycles. The van der Waals surface area contributed by atoms with E-state index in [2.05, 4.69) is 61.4 Å². The average molecular weight is 282 g/mol. The third-order valence-electron chi connectivity index (χ3n) is 2.55. The average Bonchev–Trinajstić information content (AvgIpc) is 2.39. The van der Waals surface area contributed by atoms with Crippen LogP contribution in [0.15, 0.2) is 24.3 Å². The van der Waals surface area contributed by atoms with E-state index in [9.17, 15) is 9.59 Å². The molecule has 19 heavy (non-hydrogen) atoms. The Labute approximate surface area is 120 Å². The van der Waals surface area contributed by atoms with Crippen LogP contribution in [-0.4, -0.2) is 30.7 Å². The Balaban J connectivity index is 0.000000356. The summed E-state index contributed by atoms with van der Waals surface area (Å²) in [7, 11) is 1.51. The van der Waals surface area contributed by atoms with Crippen molar-refractivity contribution in [1.29, 1.82) is 0 Å². The molecule has 1 unspecified atom stereocenters. The lowest BCUT2D eigenvalue weighted by atomic mass is 10.1. The normalized spacial score (nSPS) is 10.8. The number of thiol groups is 1. The zero-order valence-electron chi connectivity index (χ0n) is 11.9. The van der Waals surface area contributed by atoms with E-state index in [0.29, 0.717) is 5.75 Å². The minimum Gasteiger partial charge on any atom is -0.357 e. The minimum atomic E-state index is -0.527. The third-order valence-corrected chi connectivity index (χ3v) is 2.91. The molecule has 4 nitrogen and oxygen atoms in total. The number of amides is 2. The second-order valence-corrected chi connectivity index (χ2v) is 4.50. The van der Waals surface area contributed by atoms with Crippen LogP contribution in [0.25, 0.3) is 0 Å². The first kappa shape index (κ1) is 17.5. The van der Waals surface area contributed by atoms with E-state index in [1.165, 1.54) is 25.1 Å². The van der Waals surface area contributed by atoms with Gasteiger partial charge >= 0.3 is 0 Å². The van der Waals surface area contributed by atoms with Crippen LogP contribution in [0.5, 0.6) is 0 Å². The molecule has 5 heteroatoms. The van der Waals surface area contributed by atoms with Crippen molar-refractivity contribution in [2.75, 3.05) is 12.8 Å². The van der Waals surface area contributed by atoms with Gasteiger partial charge in [-0.05, 0) is 25.0 Å². The molecule has 2 N–H and O–H groups in total. The highest BCUT2D eigenvalue weighted by Crippen LogP contribution is 2.02. The van der Waals surface area contributed by atoms with E-state index >= 15 is 0 Å². The van der Waals surface area contributed by atoms with Crippen molar-refractivity contribution < 1.29 is 9.59 Å². The molecule has 0 aromatic heterocycles. The van der Waals surface area contributed by atoms with Gasteiger partial charge < -0.3 is 10.6 Å². The van der Waals surface area contributed by atoms with Crippen LogP contribution >= 0.6 is 12.6 Å². The highest BCUT2D eigenvalue weighted by atomic mass is 32.1. The van der Waals surface area contributed by atoms with E-state index in [1.54, 1.807) is 0 Å². The molecule has 0 heterocycles. The number of benzene rings is 1. The lowest BCUT2D eigenvalue weighted by molar-refractivity contribution is -0.127. The molecule has 2 amide bonds. The van der Waals surface area contributed by atoms with Gasteiger partial charge in [-0.15, -0.1) is 0 Å². The fourth-order valence-corrected chi connectivity index (χ4v) is 1.53. The number of hydrogen-bond donors (Lipinski definition) is 3. The lowest BCUT2D eigenvalue weighted by Gasteiger charge is -2.12. The van der Waals surface area contributed by atoms with Crippen molar-refractivity contribution in [3.63, 3.8) is 0 Å². The summed E-state index contributed by atoms with van der Waals surface area (Å²) in [5.74, 6) is -0.151. The van der Waals surface area contributed by atoms with Crippen LogP contribution in [0.4, 0.5) is 0 Å². The maximum absolute atomic E-state index is 10.9. The lowest BCUT2D eigenvalue weighted by Crippen LogP contribution is -2.46. The van der Waals surface area contributed by atoms with Gasteiger partial charge in [-0.1, -0.05) is 24.3 Å². The predicted molar refractivity (Wildman–Crippen MR) is 81.4 cm³/mol. The van der Waals surface area contributed by atoms with Crippen molar-refractivity contribution in [3.8, 4) is 0 Å². The quantitative estimate of drug-likeness (QED) is 0.735. The molecular formula is C14H22N2O2S. The molecule has 106 valence electrons. The molecule has 1 aromatic rings. The van der Waals surface area contributed by atoms with E-state index in [4.69, 9.17) is 0 Å². The third kappa shape index (κ3) is 7.51. The molecule has 0 radical (unpaired) electrons. The van der Waals surface area contributed by atoms with Gasteiger partial charge in [0.15, 0.2) is 0 Å². The van der Waals surface area contributed by atoms with Crippen molar-refractivity contribution in [3.05, 3.63) is 35.4 Å². The Morgan fingerprint density at radius 3 is 1.95 bits per heavy atom. The molecule has 1 atom stereocenters. The van der Waals surface area contributed by atoms with Gasteiger partial charge in [0, 0.05) is 19.7 Å². The summed E-state index contributed by atoms with van der Waals surface area (Å²) in [6.45, 7) is 5.60. The molecule has 0 bridgehead atoms. The zero-order chi connectivity index (χ0) is 14.8. The number of rotatable bonds is 3. The summed E-state index contributed by atoms with van der Waals surface area (Å²) < 4.78 is 0. The topological polar surface area (TPSA) is 58.2 Å². The summed E-state index contributed by atoms with van der Waals surface area (Å²) in [5, 5.41) is 4.87. The fourth-order valence-electron chi connectivity index (χ4n) is 1.28. The van der Waals surface area contributed by atoms with Crippen LogP contribution in [0.2, 0.25) is 0 Å². The summed E-state index contributed by atoms with van der Waals surface area (Å²) >= 11 is 3.91. The summed E-state index contributed by atoms with van der Waals surface area (Å²) in [4.78, 5) is 21.4. The number of nitrogens with one attached hydrogen (secondary N) is 2. The van der Waals surface area contributed by atoms with Crippen LogP contribution in [0.1, 0.15) is 18.1 Å². The number of likely N-dealkylation sites (N-methyl/N-ethyl adjacent to an activating group) is 1. The summed E-state index contributed by atoms with van der Waals surface area (Å²) in [6.07, 6.45) is 0. The number of hydrogen-bond acceptors (Lipinski definition) is 3.